The summed E-state index contributed by atoms with van der Waals surface area (Å²) in [6.45, 7) is 3.25. The van der Waals surface area contributed by atoms with Crippen LogP contribution in [0, 0.1) is 6.92 Å². The number of fused-ring (bicyclic) bond motifs is 3. The van der Waals surface area contributed by atoms with Crippen molar-refractivity contribution in [3.05, 3.63) is 32.5 Å². The van der Waals surface area contributed by atoms with Gasteiger partial charge in [0.15, 0.2) is 11.1 Å². The zero-order chi connectivity index (χ0) is 20.3. The van der Waals surface area contributed by atoms with Gasteiger partial charge >= 0.3 is 6.09 Å². The first-order valence-corrected chi connectivity index (χ1v) is 10.6. The van der Waals surface area contributed by atoms with E-state index in [1.165, 1.54) is 0 Å². The predicted molar refractivity (Wildman–Crippen MR) is 113 cm³/mol. The smallest absolute Gasteiger partial charge is 0.404 e. The molecule has 1 saturated carbocycles. The van der Waals surface area contributed by atoms with Crippen LogP contribution in [0.3, 0.4) is 0 Å². The zero-order valence-electron chi connectivity index (χ0n) is 15.9. The summed E-state index contributed by atoms with van der Waals surface area (Å²) >= 11 is 3.58. The third-order valence-corrected chi connectivity index (χ3v) is 6.75. The highest BCUT2D eigenvalue weighted by Crippen LogP contribution is 2.40. The van der Waals surface area contributed by atoms with Crippen molar-refractivity contribution in [3.63, 3.8) is 0 Å². The number of halogens is 1. The topological polar surface area (TPSA) is 101 Å². The Kier molecular flexibility index (Phi) is 4.31. The first-order valence-electron chi connectivity index (χ1n) is 9.82. The van der Waals surface area contributed by atoms with Crippen molar-refractivity contribution in [2.75, 3.05) is 18.0 Å². The number of rotatable bonds is 3. The SMILES string of the molecule is Cc1c(Br)ccc2c3oc(N4CCC(NC(=O)O)CC4)nc3c(=O)n(C3CC3)c12. The van der Waals surface area contributed by atoms with Crippen LogP contribution in [0.25, 0.3) is 22.0 Å². The van der Waals surface area contributed by atoms with Gasteiger partial charge in [0.25, 0.3) is 11.6 Å². The van der Waals surface area contributed by atoms with Gasteiger partial charge in [-0.05, 0) is 50.3 Å². The maximum absolute atomic E-state index is 13.3. The lowest BCUT2D eigenvalue weighted by atomic mass is 10.1. The number of pyridine rings is 1. The maximum Gasteiger partial charge on any atom is 0.404 e. The minimum Gasteiger partial charge on any atom is -0.465 e. The Hall–Kier alpha value is -2.55. The normalized spacial score (nSPS) is 17.9. The summed E-state index contributed by atoms with van der Waals surface area (Å²) < 4.78 is 8.96. The van der Waals surface area contributed by atoms with E-state index < -0.39 is 6.09 Å². The fourth-order valence-corrected chi connectivity index (χ4v) is 4.55. The van der Waals surface area contributed by atoms with Crippen LogP contribution in [0.15, 0.2) is 25.8 Å². The number of benzene rings is 1. The summed E-state index contributed by atoms with van der Waals surface area (Å²) in [5, 5.41) is 12.3. The van der Waals surface area contributed by atoms with Gasteiger partial charge in [0.05, 0.1) is 5.52 Å². The van der Waals surface area contributed by atoms with Gasteiger partial charge in [-0.15, -0.1) is 0 Å². The third-order valence-electron chi connectivity index (χ3n) is 5.89. The summed E-state index contributed by atoms with van der Waals surface area (Å²) in [6, 6.07) is 4.54. The molecule has 2 aromatic heterocycles. The average Bonchev–Trinajstić information content (AvgIpc) is 3.42. The zero-order valence-corrected chi connectivity index (χ0v) is 17.5. The van der Waals surface area contributed by atoms with Gasteiger partial charge in [-0.3, -0.25) is 4.79 Å². The number of anilines is 1. The number of hydrogen-bond donors (Lipinski definition) is 2. The molecular weight excluding hydrogens is 440 g/mol. The highest BCUT2D eigenvalue weighted by Gasteiger charge is 2.31. The summed E-state index contributed by atoms with van der Waals surface area (Å²) in [5.41, 5.74) is 2.72. The molecule has 0 bridgehead atoms. The van der Waals surface area contributed by atoms with Crippen molar-refractivity contribution < 1.29 is 14.3 Å². The molecule has 29 heavy (non-hydrogen) atoms. The fraction of sp³-hybridized carbons (Fsp3) is 0.450. The summed E-state index contributed by atoms with van der Waals surface area (Å²) in [4.78, 5) is 30.7. The summed E-state index contributed by atoms with van der Waals surface area (Å²) in [7, 11) is 0. The highest BCUT2D eigenvalue weighted by molar-refractivity contribution is 9.10. The second kappa shape index (κ2) is 6.76. The predicted octanol–water partition coefficient (Wildman–Crippen LogP) is 3.78. The van der Waals surface area contributed by atoms with E-state index in [-0.39, 0.29) is 17.6 Å². The second-order valence-corrected chi connectivity index (χ2v) is 8.71. The van der Waals surface area contributed by atoms with E-state index >= 15 is 0 Å². The molecule has 1 aliphatic heterocycles. The molecule has 152 valence electrons. The number of carboxylic acid groups (broad SMARTS) is 1. The molecular formula is C20H21BrN4O4. The van der Waals surface area contributed by atoms with Crippen LogP contribution in [0.2, 0.25) is 0 Å². The molecule has 1 aliphatic carbocycles. The minimum atomic E-state index is -1.00. The number of nitrogens with zero attached hydrogens (tertiary/aromatic N) is 3. The van der Waals surface area contributed by atoms with Crippen molar-refractivity contribution in [3.8, 4) is 0 Å². The van der Waals surface area contributed by atoms with Crippen molar-refractivity contribution in [1.82, 2.24) is 14.9 Å². The van der Waals surface area contributed by atoms with Gasteiger partial charge in [-0.1, -0.05) is 15.9 Å². The Bertz CT molecular complexity index is 1190. The molecule has 0 spiro atoms. The molecule has 1 amide bonds. The van der Waals surface area contributed by atoms with Crippen molar-refractivity contribution in [2.24, 2.45) is 0 Å². The number of carbonyl (C=O) groups is 1. The largest absolute Gasteiger partial charge is 0.465 e. The van der Waals surface area contributed by atoms with Crippen molar-refractivity contribution in [1.29, 1.82) is 0 Å². The Labute approximate surface area is 174 Å². The van der Waals surface area contributed by atoms with E-state index in [1.807, 2.05) is 28.5 Å². The molecule has 8 nitrogen and oxygen atoms in total. The monoisotopic (exact) mass is 460 g/mol. The lowest BCUT2D eigenvalue weighted by molar-refractivity contribution is 0.187. The third kappa shape index (κ3) is 3.08. The molecule has 2 fully saturated rings. The van der Waals surface area contributed by atoms with Gasteiger partial charge in [0.2, 0.25) is 0 Å². The number of oxazole rings is 1. The number of hydrogen-bond acceptors (Lipinski definition) is 5. The molecule has 9 heteroatoms. The summed E-state index contributed by atoms with van der Waals surface area (Å²) in [5.74, 6) is 0. The van der Waals surface area contributed by atoms with Crippen LogP contribution in [-0.4, -0.2) is 39.9 Å². The second-order valence-electron chi connectivity index (χ2n) is 7.86. The number of nitrogens with one attached hydrogen (secondary N) is 1. The highest BCUT2D eigenvalue weighted by atomic mass is 79.9. The molecule has 2 N–H and O–H groups in total. The standard InChI is InChI=1S/C20H21BrN4O4/c1-10-14(21)5-4-13-16(10)25(12-2-3-12)18(26)15-17(13)29-19(23-15)24-8-6-11(7-9-24)22-20(27)28/h4-5,11-12,22H,2-3,6-9H2,1H3,(H,27,28). The van der Waals surface area contributed by atoms with Crippen molar-refractivity contribution in [2.45, 2.75) is 44.7 Å². The van der Waals surface area contributed by atoms with Gasteiger partial charge in [0, 0.05) is 35.0 Å². The Morgan fingerprint density at radius 3 is 2.66 bits per heavy atom. The molecule has 1 aromatic carbocycles. The van der Waals surface area contributed by atoms with Crippen molar-refractivity contribution >= 4 is 50.0 Å². The quantitative estimate of drug-likeness (QED) is 0.616. The average molecular weight is 461 g/mol. The molecule has 0 atom stereocenters. The first-order chi connectivity index (χ1) is 13.9. The molecule has 0 radical (unpaired) electrons. The summed E-state index contributed by atoms with van der Waals surface area (Å²) in [6.07, 6.45) is 2.34. The van der Waals surface area contributed by atoms with E-state index in [1.54, 1.807) is 0 Å². The van der Waals surface area contributed by atoms with Gasteiger partial charge < -0.3 is 24.3 Å². The van der Waals surface area contributed by atoms with Crippen LogP contribution < -0.4 is 15.8 Å². The fourth-order valence-electron chi connectivity index (χ4n) is 4.23. The Balaban J connectivity index is 1.60. The van der Waals surface area contributed by atoms with E-state index in [9.17, 15) is 9.59 Å². The molecule has 5 rings (SSSR count). The molecule has 0 unspecified atom stereocenters. The number of aromatic nitrogens is 2. The molecule has 2 aliphatic rings. The van der Waals surface area contributed by atoms with Crippen LogP contribution in [-0.2, 0) is 0 Å². The van der Waals surface area contributed by atoms with E-state index in [0.717, 1.165) is 33.8 Å². The maximum atomic E-state index is 13.3. The van der Waals surface area contributed by atoms with Crippen LogP contribution in [0.1, 0.15) is 37.3 Å². The first kappa shape index (κ1) is 18.5. The Morgan fingerprint density at radius 2 is 2.00 bits per heavy atom. The lowest BCUT2D eigenvalue weighted by Crippen LogP contribution is -2.44. The minimum absolute atomic E-state index is 0.0685. The molecule has 3 heterocycles. The van der Waals surface area contributed by atoms with Gasteiger partial charge in [-0.25, -0.2) is 4.79 Å². The number of amides is 1. The van der Waals surface area contributed by atoms with Gasteiger partial charge in [-0.2, -0.15) is 4.98 Å². The molecule has 1 saturated heterocycles. The van der Waals surface area contributed by atoms with Crippen LogP contribution >= 0.6 is 15.9 Å². The van der Waals surface area contributed by atoms with E-state index in [0.29, 0.717) is 43.0 Å². The van der Waals surface area contributed by atoms with Gasteiger partial charge in [0.1, 0.15) is 0 Å². The lowest BCUT2D eigenvalue weighted by Gasteiger charge is -2.30. The van der Waals surface area contributed by atoms with E-state index in [4.69, 9.17) is 9.52 Å². The number of aryl methyl sites for hydroxylation is 1. The van der Waals surface area contributed by atoms with Crippen LogP contribution in [0.4, 0.5) is 10.8 Å². The Morgan fingerprint density at radius 1 is 1.28 bits per heavy atom. The van der Waals surface area contributed by atoms with E-state index in [2.05, 4.69) is 26.2 Å². The number of piperidine rings is 1. The molecule has 3 aromatic rings. The van der Waals surface area contributed by atoms with Crippen LogP contribution in [0.5, 0.6) is 0 Å².